The van der Waals surface area contributed by atoms with Gasteiger partial charge in [-0.1, -0.05) is 0 Å². The summed E-state index contributed by atoms with van der Waals surface area (Å²) >= 11 is 0. The largest absolute Gasteiger partial charge is 0.474 e. The molecule has 0 saturated carbocycles. The molecule has 0 bridgehead atoms. The first kappa shape index (κ1) is 10.4. The molecule has 0 radical (unpaired) electrons. The Kier molecular flexibility index (Phi) is 3.81. The van der Waals surface area contributed by atoms with E-state index >= 15 is 0 Å². The van der Waals surface area contributed by atoms with Crippen LogP contribution in [0.4, 0.5) is 0 Å². The van der Waals surface area contributed by atoms with Gasteiger partial charge in [-0.2, -0.15) is 0 Å². The highest BCUT2D eigenvalue weighted by molar-refractivity contribution is 5.75. The quantitative estimate of drug-likeness (QED) is 0.646. The fourth-order valence-electron chi connectivity index (χ4n) is 0.755. The molecule has 1 heterocycles. The fraction of sp³-hybridized carbons (Fsp3) is 0.375. The summed E-state index contributed by atoms with van der Waals surface area (Å²) in [7, 11) is 1.27. The van der Waals surface area contributed by atoms with Crippen LogP contribution in [-0.2, 0) is 9.53 Å². The molecule has 6 nitrogen and oxygen atoms in total. The Labute approximate surface area is 81.1 Å². The van der Waals surface area contributed by atoms with Gasteiger partial charge >= 0.3 is 5.97 Å². The second-order valence-corrected chi connectivity index (χ2v) is 2.48. The molecular formula is C8H11N3O3. The Bertz CT molecular complexity index is 291. The Morgan fingerprint density at radius 3 is 3.00 bits per heavy atom. The highest BCUT2D eigenvalue weighted by Gasteiger charge is 2.14. The van der Waals surface area contributed by atoms with E-state index < -0.39 is 12.0 Å². The molecule has 0 aromatic carbocycles. The standard InChI is InChI=1S/C8H11N3O3/c1-13-8(12)6(9)5-14-7-4-10-2-3-11-7/h2-4,6H,5,9H2,1H3. The Balaban J connectivity index is 2.38. The van der Waals surface area contributed by atoms with E-state index in [0.717, 1.165) is 0 Å². The van der Waals surface area contributed by atoms with Crippen molar-refractivity contribution in [3.63, 3.8) is 0 Å². The monoisotopic (exact) mass is 197 g/mol. The van der Waals surface area contributed by atoms with Gasteiger partial charge in [-0.15, -0.1) is 0 Å². The number of rotatable bonds is 4. The van der Waals surface area contributed by atoms with Crippen molar-refractivity contribution in [3.8, 4) is 5.88 Å². The molecule has 14 heavy (non-hydrogen) atoms. The minimum atomic E-state index is -0.804. The normalized spacial score (nSPS) is 11.9. The van der Waals surface area contributed by atoms with Crippen LogP contribution in [0.1, 0.15) is 0 Å². The van der Waals surface area contributed by atoms with Gasteiger partial charge in [-0.3, -0.25) is 9.78 Å². The van der Waals surface area contributed by atoms with Crippen LogP contribution >= 0.6 is 0 Å². The zero-order chi connectivity index (χ0) is 10.4. The molecule has 0 saturated heterocycles. The highest BCUT2D eigenvalue weighted by atomic mass is 16.5. The molecule has 1 atom stereocenters. The van der Waals surface area contributed by atoms with E-state index in [4.69, 9.17) is 10.5 Å². The summed E-state index contributed by atoms with van der Waals surface area (Å²) in [6, 6.07) is -0.804. The first-order valence-electron chi connectivity index (χ1n) is 3.96. The number of hydrogen-bond acceptors (Lipinski definition) is 6. The van der Waals surface area contributed by atoms with Crippen molar-refractivity contribution < 1.29 is 14.3 Å². The van der Waals surface area contributed by atoms with E-state index in [2.05, 4.69) is 14.7 Å². The molecule has 1 unspecified atom stereocenters. The van der Waals surface area contributed by atoms with Crippen LogP contribution < -0.4 is 10.5 Å². The van der Waals surface area contributed by atoms with Crippen LogP contribution in [0.5, 0.6) is 5.88 Å². The van der Waals surface area contributed by atoms with Crippen LogP contribution in [0.15, 0.2) is 18.6 Å². The number of methoxy groups -OCH3 is 1. The lowest BCUT2D eigenvalue weighted by molar-refractivity contribution is -0.142. The van der Waals surface area contributed by atoms with Crippen molar-refractivity contribution in [2.45, 2.75) is 6.04 Å². The SMILES string of the molecule is COC(=O)C(N)COc1cnccn1. The minimum absolute atomic E-state index is 0.0192. The molecule has 2 N–H and O–H groups in total. The maximum absolute atomic E-state index is 10.9. The van der Waals surface area contributed by atoms with Gasteiger partial charge in [0, 0.05) is 12.4 Å². The van der Waals surface area contributed by atoms with E-state index in [1.807, 2.05) is 0 Å². The summed E-state index contributed by atoms with van der Waals surface area (Å²) in [6.45, 7) is 0.0192. The third-order valence-corrected chi connectivity index (χ3v) is 1.45. The van der Waals surface area contributed by atoms with E-state index in [0.29, 0.717) is 5.88 Å². The van der Waals surface area contributed by atoms with Gasteiger partial charge in [0.1, 0.15) is 12.6 Å². The zero-order valence-corrected chi connectivity index (χ0v) is 7.71. The molecule has 1 rings (SSSR count). The summed E-state index contributed by atoms with van der Waals surface area (Å²) in [6.07, 6.45) is 4.44. The second-order valence-electron chi connectivity index (χ2n) is 2.48. The lowest BCUT2D eigenvalue weighted by Crippen LogP contribution is -2.37. The number of carbonyl (C=O) groups is 1. The molecule has 1 aromatic heterocycles. The van der Waals surface area contributed by atoms with Crippen molar-refractivity contribution >= 4 is 5.97 Å². The van der Waals surface area contributed by atoms with Crippen molar-refractivity contribution in [2.24, 2.45) is 5.73 Å². The maximum atomic E-state index is 10.9. The summed E-state index contributed by atoms with van der Waals surface area (Å²) < 4.78 is 9.51. The molecule has 0 aliphatic rings. The molecule has 1 aromatic rings. The topological polar surface area (TPSA) is 87.3 Å². The number of ether oxygens (including phenoxy) is 2. The van der Waals surface area contributed by atoms with E-state index in [-0.39, 0.29) is 6.61 Å². The smallest absolute Gasteiger partial charge is 0.326 e. The van der Waals surface area contributed by atoms with Crippen LogP contribution in [0.3, 0.4) is 0 Å². The number of hydrogen-bond donors (Lipinski definition) is 1. The third-order valence-electron chi connectivity index (χ3n) is 1.45. The Hall–Kier alpha value is -1.69. The van der Waals surface area contributed by atoms with Gasteiger partial charge in [0.2, 0.25) is 5.88 Å². The zero-order valence-electron chi connectivity index (χ0n) is 7.71. The van der Waals surface area contributed by atoms with Crippen LogP contribution in [0, 0.1) is 0 Å². The van der Waals surface area contributed by atoms with Crippen molar-refractivity contribution in [1.82, 2.24) is 9.97 Å². The average Bonchev–Trinajstić information content (AvgIpc) is 2.26. The minimum Gasteiger partial charge on any atom is -0.474 e. The molecule has 0 spiro atoms. The second kappa shape index (κ2) is 5.13. The van der Waals surface area contributed by atoms with Crippen LogP contribution in [-0.4, -0.2) is 35.7 Å². The lowest BCUT2D eigenvalue weighted by Gasteiger charge is -2.09. The first-order valence-corrected chi connectivity index (χ1v) is 3.96. The van der Waals surface area contributed by atoms with Gasteiger partial charge in [0.05, 0.1) is 13.3 Å². The first-order chi connectivity index (χ1) is 6.74. The van der Waals surface area contributed by atoms with Gasteiger partial charge in [0.25, 0.3) is 0 Å². The lowest BCUT2D eigenvalue weighted by atomic mass is 10.3. The predicted molar refractivity (Wildman–Crippen MR) is 47.5 cm³/mol. The van der Waals surface area contributed by atoms with Gasteiger partial charge in [-0.05, 0) is 0 Å². The number of carbonyl (C=O) groups excluding carboxylic acids is 1. The highest BCUT2D eigenvalue weighted by Crippen LogP contribution is 2.00. The molecule has 6 heteroatoms. The average molecular weight is 197 g/mol. The summed E-state index contributed by atoms with van der Waals surface area (Å²) in [4.78, 5) is 18.5. The fourth-order valence-corrected chi connectivity index (χ4v) is 0.755. The number of nitrogens with two attached hydrogens (primary N) is 1. The number of nitrogens with zero attached hydrogens (tertiary/aromatic N) is 2. The molecule has 0 aliphatic heterocycles. The Morgan fingerprint density at radius 1 is 1.64 bits per heavy atom. The molecule has 0 amide bonds. The molecular weight excluding hydrogens is 186 g/mol. The Morgan fingerprint density at radius 2 is 2.43 bits per heavy atom. The number of esters is 1. The summed E-state index contributed by atoms with van der Waals surface area (Å²) in [5.41, 5.74) is 5.43. The third kappa shape index (κ3) is 2.98. The van der Waals surface area contributed by atoms with Crippen LogP contribution in [0.25, 0.3) is 0 Å². The van der Waals surface area contributed by atoms with Gasteiger partial charge < -0.3 is 15.2 Å². The maximum Gasteiger partial charge on any atom is 0.326 e. The van der Waals surface area contributed by atoms with Crippen molar-refractivity contribution in [2.75, 3.05) is 13.7 Å². The molecule has 0 aliphatic carbocycles. The van der Waals surface area contributed by atoms with Crippen molar-refractivity contribution in [1.29, 1.82) is 0 Å². The van der Waals surface area contributed by atoms with Crippen molar-refractivity contribution in [3.05, 3.63) is 18.6 Å². The van der Waals surface area contributed by atoms with Gasteiger partial charge in [-0.25, -0.2) is 4.98 Å². The predicted octanol–water partition coefficient (Wildman–Crippen LogP) is -0.644. The molecule has 76 valence electrons. The van der Waals surface area contributed by atoms with Gasteiger partial charge in [0.15, 0.2) is 0 Å². The van der Waals surface area contributed by atoms with Crippen LogP contribution in [0.2, 0.25) is 0 Å². The summed E-state index contributed by atoms with van der Waals surface area (Å²) in [5.74, 6) is -0.194. The van der Waals surface area contributed by atoms with E-state index in [1.54, 1.807) is 0 Å². The summed E-state index contributed by atoms with van der Waals surface area (Å²) in [5, 5.41) is 0. The van der Waals surface area contributed by atoms with E-state index in [1.165, 1.54) is 25.7 Å². The molecule has 0 fully saturated rings. The van der Waals surface area contributed by atoms with E-state index in [9.17, 15) is 4.79 Å². The number of aromatic nitrogens is 2.